The summed E-state index contributed by atoms with van der Waals surface area (Å²) in [5, 5.41) is 17.1. The number of hydrogen-bond donors (Lipinski definition) is 3. The number of aliphatic hydroxyl groups excluding tert-OH is 2. The van der Waals surface area contributed by atoms with Crippen LogP contribution in [0.25, 0.3) is 0 Å². The van der Waals surface area contributed by atoms with E-state index in [4.69, 9.17) is 15.9 Å². The summed E-state index contributed by atoms with van der Waals surface area (Å²) in [4.78, 5) is 20.3. The van der Waals surface area contributed by atoms with Crippen LogP contribution >= 0.6 is 0 Å². The molecule has 1 amide bonds. The van der Waals surface area contributed by atoms with Gasteiger partial charge in [0, 0.05) is 0 Å². The van der Waals surface area contributed by atoms with Crippen LogP contribution in [0.3, 0.4) is 0 Å². The molecule has 0 saturated carbocycles. The molecule has 4 N–H and O–H groups in total. The molecule has 96 valence electrons. The van der Waals surface area contributed by atoms with E-state index in [0.29, 0.717) is 6.61 Å². The molecule has 0 aliphatic heterocycles. The van der Waals surface area contributed by atoms with Gasteiger partial charge in [-0.25, -0.2) is 0 Å². The van der Waals surface area contributed by atoms with Gasteiger partial charge in [0.25, 0.3) is 0 Å². The van der Waals surface area contributed by atoms with Crippen LogP contribution in [0.1, 0.15) is 33.6 Å². The summed E-state index contributed by atoms with van der Waals surface area (Å²) in [7, 11) is 0. The fraction of sp³-hybridized carbons (Fsp3) is 0.800. The van der Waals surface area contributed by atoms with Crippen LogP contribution in [-0.2, 0) is 14.3 Å². The second-order valence-electron chi connectivity index (χ2n) is 3.38. The normalized spacial score (nSPS) is 13.1. The summed E-state index contributed by atoms with van der Waals surface area (Å²) in [5.74, 6) is -0.803. The fourth-order valence-electron chi connectivity index (χ4n) is 0.752. The Morgan fingerprint density at radius 3 is 1.81 bits per heavy atom. The van der Waals surface area contributed by atoms with E-state index in [1.165, 1.54) is 6.92 Å². The Morgan fingerprint density at radius 1 is 1.19 bits per heavy atom. The fourth-order valence-corrected chi connectivity index (χ4v) is 0.752. The van der Waals surface area contributed by atoms with Crippen molar-refractivity contribution in [1.29, 1.82) is 0 Å². The zero-order chi connectivity index (χ0) is 13.1. The van der Waals surface area contributed by atoms with Crippen molar-refractivity contribution in [3.63, 3.8) is 0 Å². The molecule has 0 rings (SSSR count). The third kappa shape index (κ3) is 18.6. The SMILES string of the molecule is CCOC(=O)C[C@H](C)O.C[C@H](O)CC(N)=O. The summed E-state index contributed by atoms with van der Waals surface area (Å²) in [6.45, 7) is 5.19. The number of aliphatic hydroxyl groups is 2. The maximum atomic E-state index is 10.5. The lowest BCUT2D eigenvalue weighted by molar-refractivity contribution is -0.145. The molecule has 0 saturated heterocycles. The van der Waals surface area contributed by atoms with Gasteiger partial charge >= 0.3 is 5.97 Å². The molecule has 0 aromatic heterocycles. The van der Waals surface area contributed by atoms with Crippen LogP contribution in [-0.4, -0.2) is 40.9 Å². The van der Waals surface area contributed by atoms with Gasteiger partial charge in [-0.1, -0.05) is 0 Å². The van der Waals surface area contributed by atoms with Crippen molar-refractivity contribution in [2.24, 2.45) is 5.73 Å². The third-order valence-electron chi connectivity index (χ3n) is 1.26. The van der Waals surface area contributed by atoms with E-state index in [-0.39, 0.29) is 18.8 Å². The molecule has 2 atom stereocenters. The molecule has 6 nitrogen and oxygen atoms in total. The monoisotopic (exact) mass is 235 g/mol. The predicted octanol–water partition coefficient (Wildman–Crippen LogP) is -0.437. The first-order valence-corrected chi connectivity index (χ1v) is 5.09. The molecular formula is C10H21NO5. The van der Waals surface area contributed by atoms with Crippen molar-refractivity contribution in [3.8, 4) is 0 Å². The standard InChI is InChI=1S/C6H12O3.C4H9NO2/c1-3-9-6(8)4-5(2)7;1-3(6)2-4(5)7/h5,7H,3-4H2,1-2H3;3,6H,2H2,1H3,(H2,5,7)/t5-;3-/m00/s1. The van der Waals surface area contributed by atoms with Crippen LogP contribution in [0.4, 0.5) is 0 Å². The van der Waals surface area contributed by atoms with Gasteiger partial charge in [0.2, 0.25) is 5.91 Å². The lowest BCUT2D eigenvalue weighted by Crippen LogP contribution is -2.16. The molecule has 0 aromatic rings. The van der Waals surface area contributed by atoms with Crippen molar-refractivity contribution in [2.75, 3.05) is 6.61 Å². The highest BCUT2D eigenvalue weighted by molar-refractivity contribution is 5.74. The molecule has 0 heterocycles. The zero-order valence-corrected chi connectivity index (χ0v) is 9.97. The molecular weight excluding hydrogens is 214 g/mol. The lowest BCUT2D eigenvalue weighted by Gasteiger charge is -2.01. The summed E-state index contributed by atoms with van der Waals surface area (Å²) < 4.78 is 4.55. The molecule has 0 fully saturated rings. The van der Waals surface area contributed by atoms with Crippen LogP contribution in [0.5, 0.6) is 0 Å². The van der Waals surface area contributed by atoms with Gasteiger partial charge in [0.1, 0.15) is 0 Å². The highest BCUT2D eigenvalue weighted by Crippen LogP contribution is 1.91. The first-order chi connectivity index (χ1) is 7.29. The Hall–Kier alpha value is -1.14. The Kier molecular flexibility index (Phi) is 11.2. The van der Waals surface area contributed by atoms with Gasteiger partial charge in [0.15, 0.2) is 0 Å². The van der Waals surface area contributed by atoms with E-state index >= 15 is 0 Å². The first kappa shape index (κ1) is 17.3. The van der Waals surface area contributed by atoms with Crippen LogP contribution in [0.15, 0.2) is 0 Å². The highest BCUT2D eigenvalue weighted by Gasteiger charge is 2.04. The number of primary amides is 1. The van der Waals surface area contributed by atoms with Gasteiger partial charge in [-0.15, -0.1) is 0 Å². The molecule has 6 heteroatoms. The van der Waals surface area contributed by atoms with Crippen LogP contribution < -0.4 is 5.73 Å². The largest absolute Gasteiger partial charge is 0.466 e. The van der Waals surface area contributed by atoms with E-state index in [9.17, 15) is 9.59 Å². The van der Waals surface area contributed by atoms with Crippen LogP contribution in [0.2, 0.25) is 0 Å². The minimum absolute atomic E-state index is 0.0556. The lowest BCUT2D eigenvalue weighted by atomic mass is 10.3. The van der Waals surface area contributed by atoms with Crippen molar-refractivity contribution >= 4 is 11.9 Å². The van der Waals surface area contributed by atoms with E-state index in [2.05, 4.69) is 4.74 Å². The molecule has 0 aliphatic rings. The smallest absolute Gasteiger partial charge is 0.308 e. The molecule has 16 heavy (non-hydrogen) atoms. The number of carbonyl (C=O) groups excluding carboxylic acids is 2. The average molecular weight is 235 g/mol. The zero-order valence-electron chi connectivity index (χ0n) is 9.97. The Labute approximate surface area is 95.4 Å². The number of rotatable bonds is 5. The summed E-state index contributed by atoms with van der Waals surface area (Å²) in [6, 6.07) is 0. The molecule has 0 aliphatic carbocycles. The minimum Gasteiger partial charge on any atom is -0.466 e. The number of ether oxygens (including phenoxy) is 1. The number of amides is 1. The number of carbonyl (C=O) groups is 2. The van der Waals surface area contributed by atoms with E-state index < -0.39 is 18.1 Å². The Morgan fingerprint density at radius 2 is 1.62 bits per heavy atom. The molecule has 0 bridgehead atoms. The maximum absolute atomic E-state index is 10.5. The van der Waals surface area contributed by atoms with E-state index in [1.807, 2.05) is 0 Å². The molecule has 0 spiro atoms. The highest BCUT2D eigenvalue weighted by atomic mass is 16.5. The van der Waals surface area contributed by atoms with E-state index in [0.717, 1.165) is 0 Å². The van der Waals surface area contributed by atoms with Gasteiger partial charge in [-0.05, 0) is 20.8 Å². The first-order valence-electron chi connectivity index (χ1n) is 5.09. The summed E-state index contributed by atoms with van der Waals surface area (Å²) in [6.07, 6.45) is -1.05. The Balaban J connectivity index is 0. The Bertz CT molecular complexity index is 203. The number of esters is 1. The van der Waals surface area contributed by atoms with Gasteiger partial charge in [0.05, 0.1) is 31.7 Å². The third-order valence-corrected chi connectivity index (χ3v) is 1.26. The molecule has 0 unspecified atom stereocenters. The average Bonchev–Trinajstić information content (AvgIpc) is 2.00. The van der Waals surface area contributed by atoms with Crippen LogP contribution in [0, 0.1) is 0 Å². The topological polar surface area (TPSA) is 110 Å². The quantitative estimate of drug-likeness (QED) is 0.560. The number of hydrogen-bond acceptors (Lipinski definition) is 5. The van der Waals surface area contributed by atoms with Gasteiger partial charge in [-0.3, -0.25) is 9.59 Å². The van der Waals surface area contributed by atoms with Gasteiger partial charge in [-0.2, -0.15) is 0 Å². The summed E-state index contributed by atoms with van der Waals surface area (Å²) in [5.41, 5.74) is 4.69. The van der Waals surface area contributed by atoms with Crippen molar-refractivity contribution in [2.45, 2.75) is 45.8 Å². The second-order valence-corrected chi connectivity index (χ2v) is 3.38. The van der Waals surface area contributed by atoms with E-state index in [1.54, 1.807) is 13.8 Å². The van der Waals surface area contributed by atoms with Gasteiger partial charge < -0.3 is 20.7 Å². The summed E-state index contributed by atoms with van der Waals surface area (Å²) >= 11 is 0. The molecule has 0 aromatic carbocycles. The number of nitrogens with two attached hydrogens (primary N) is 1. The van der Waals surface area contributed by atoms with Crippen molar-refractivity contribution in [3.05, 3.63) is 0 Å². The van der Waals surface area contributed by atoms with Crippen molar-refractivity contribution in [1.82, 2.24) is 0 Å². The minimum atomic E-state index is -0.600. The molecule has 0 radical (unpaired) electrons. The maximum Gasteiger partial charge on any atom is 0.308 e. The second kappa shape index (κ2) is 10.4. The van der Waals surface area contributed by atoms with Crippen molar-refractivity contribution < 1.29 is 24.5 Å². The predicted molar refractivity (Wildman–Crippen MR) is 58.4 cm³/mol.